The first-order valence-corrected chi connectivity index (χ1v) is 8.63. The van der Waals surface area contributed by atoms with E-state index in [4.69, 9.17) is 32.4 Å². The number of benzene rings is 3. The van der Waals surface area contributed by atoms with Crippen molar-refractivity contribution in [1.29, 1.82) is 0 Å². The highest BCUT2D eigenvalue weighted by Gasteiger charge is 2.16. The highest BCUT2D eigenvalue weighted by atomic mass is 35.5. The number of carboxylic acids is 1. The predicted octanol–water partition coefficient (Wildman–Crippen LogP) is 6.29. The molecular weight excluding hydrogens is 389 g/mol. The normalized spacial score (nSPS) is 10.9. The molecule has 1 aromatic heterocycles. The number of aromatic carboxylic acids is 1. The summed E-state index contributed by atoms with van der Waals surface area (Å²) in [6.45, 7) is 0. The SMILES string of the molecule is O=C(O)c1ccccc1-c1nc2ccc(Oc3ccc(Cl)c(Cl)c3)cc2o1. The molecule has 4 rings (SSSR count). The number of carboxylic acid groups (broad SMARTS) is 1. The van der Waals surface area contributed by atoms with Gasteiger partial charge >= 0.3 is 5.97 Å². The minimum Gasteiger partial charge on any atom is -0.478 e. The van der Waals surface area contributed by atoms with Crippen LogP contribution in [0.5, 0.6) is 11.5 Å². The molecule has 27 heavy (non-hydrogen) atoms. The van der Waals surface area contributed by atoms with Crippen LogP contribution in [0.1, 0.15) is 10.4 Å². The average Bonchev–Trinajstić information content (AvgIpc) is 3.08. The molecule has 0 unspecified atom stereocenters. The molecule has 1 N–H and O–H groups in total. The molecule has 4 aromatic rings. The van der Waals surface area contributed by atoms with Crippen LogP contribution in [0.2, 0.25) is 10.0 Å². The third-order valence-electron chi connectivity index (χ3n) is 3.87. The zero-order chi connectivity index (χ0) is 19.0. The van der Waals surface area contributed by atoms with Crippen LogP contribution in [0.25, 0.3) is 22.6 Å². The maximum atomic E-state index is 11.4. The zero-order valence-corrected chi connectivity index (χ0v) is 15.2. The van der Waals surface area contributed by atoms with E-state index < -0.39 is 5.97 Å². The Morgan fingerprint density at radius 3 is 2.48 bits per heavy atom. The summed E-state index contributed by atoms with van der Waals surface area (Å²) in [5.41, 5.74) is 1.60. The minimum atomic E-state index is -1.04. The molecule has 0 amide bonds. The molecule has 0 aliphatic carbocycles. The Morgan fingerprint density at radius 1 is 0.963 bits per heavy atom. The van der Waals surface area contributed by atoms with E-state index in [0.29, 0.717) is 38.2 Å². The van der Waals surface area contributed by atoms with E-state index in [-0.39, 0.29) is 11.5 Å². The molecule has 3 aromatic carbocycles. The van der Waals surface area contributed by atoms with Crippen LogP contribution in [-0.2, 0) is 0 Å². The first kappa shape index (κ1) is 17.4. The summed E-state index contributed by atoms with van der Waals surface area (Å²) in [5.74, 6) is 0.237. The van der Waals surface area contributed by atoms with Crippen molar-refractivity contribution in [2.24, 2.45) is 0 Å². The average molecular weight is 400 g/mol. The molecule has 0 aliphatic rings. The van der Waals surface area contributed by atoms with Crippen molar-refractivity contribution >= 4 is 40.3 Å². The molecule has 7 heteroatoms. The summed E-state index contributed by atoms with van der Waals surface area (Å²) in [5, 5.41) is 10.2. The molecule has 0 bridgehead atoms. The Kier molecular flexibility index (Phi) is 4.48. The number of aromatic nitrogens is 1. The van der Waals surface area contributed by atoms with Crippen LogP contribution >= 0.6 is 23.2 Å². The fourth-order valence-electron chi connectivity index (χ4n) is 2.62. The highest BCUT2D eigenvalue weighted by Crippen LogP contribution is 2.32. The maximum Gasteiger partial charge on any atom is 0.336 e. The lowest BCUT2D eigenvalue weighted by Crippen LogP contribution is -1.98. The predicted molar refractivity (Wildman–Crippen MR) is 103 cm³/mol. The zero-order valence-electron chi connectivity index (χ0n) is 13.6. The lowest BCUT2D eigenvalue weighted by Gasteiger charge is -2.06. The number of nitrogens with zero attached hydrogens (tertiary/aromatic N) is 1. The second-order valence-corrected chi connectivity index (χ2v) is 6.49. The Hall–Kier alpha value is -3.02. The fraction of sp³-hybridized carbons (Fsp3) is 0. The van der Waals surface area contributed by atoms with Crippen LogP contribution in [0, 0.1) is 0 Å². The molecule has 0 saturated heterocycles. The number of ether oxygens (including phenoxy) is 1. The fourth-order valence-corrected chi connectivity index (χ4v) is 2.90. The smallest absolute Gasteiger partial charge is 0.336 e. The maximum absolute atomic E-state index is 11.4. The first-order valence-electron chi connectivity index (χ1n) is 7.87. The Labute approximate surface area is 163 Å². The molecule has 5 nitrogen and oxygen atoms in total. The molecule has 0 aliphatic heterocycles. The Balaban J connectivity index is 1.70. The van der Waals surface area contributed by atoms with Crippen LogP contribution in [0.15, 0.2) is 65.1 Å². The van der Waals surface area contributed by atoms with Crippen molar-refractivity contribution in [3.8, 4) is 23.0 Å². The van der Waals surface area contributed by atoms with Gasteiger partial charge in [-0.25, -0.2) is 9.78 Å². The second kappa shape index (κ2) is 6.95. The molecule has 0 radical (unpaired) electrons. The van der Waals surface area contributed by atoms with Crippen molar-refractivity contribution in [3.05, 3.63) is 76.3 Å². The number of carbonyl (C=O) groups is 1. The van der Waals surface area contributed by atoms with Gasteiger partial charge in [0.15, 0.2) is 5.58 Å². The number of rotatable bonds is 4. The Morgan fingerprint density at radius 2 is 1.70 bits per heavy atom. The number of hydrogen-bond donors (Lipinski definition) is 1. The lowest BCUT2D eigenvalue weighted by molar-refractivity contribution is 0.0697. The summed E-state index contributed by atoms with van der Waals surface area (Å²) >= 11 is 11.9. The van der Waals surface area contributed by atoms with E-state index in [1.165, 1.54) is 6.07 Å². The largest absolute Gasteiger partial charge is 0.478 e. The third kappa shape index (κ3) is 3.47. The van der Waals surface area contributed by atoms with Crippen LogP contribution in [0.4, 0.5) is 0 Å². The molecular formula is C20H11Cl2NO4. The lowest BCUT2D eigenvalue weighted by atomic mass is 10.1. The summed E-state index contributed by atoms with van der Waals surface area (Å²) in [4.78, 5) is 15.8. The molecule has 1 heterocycles. The monoisotopic (exact) mass is 399 g/mol. The van der Waals surface area contributed by atoms with Gasteiger partial charge in [-0.1, -0.05) is 35.3 Å². The van der Waals surface area contributed by atoms with E-state index in [1.807, 2.05) is 0 Å². The number of halogens is 2. The van der Waals surface area contributed by atoms with E-state index >= 15 is 0 Å². The van der Waals surface area contributed by atoms with Crippen LogP contribution < -0.4 is 4.74 Å². The summed E-state index contributed by atoms with van der Waals surface area (Å²) < 4.78 is 11.5. The van der Waals surface area contributed by atoms with E-state index in [2.05, 4.69) is 4.98 Å². The van der Waals surface area contributed by atoms with Gasteiger partial charge in [0.25, 0.3) is 0 Å². The molecule has 0 fully saturated rings. The standard InChI is InChI=1S/C20H11Cl2NO4/c21-15-7-5-11(9-16(15)22)26-12-6-8-17-18(10-12)27-19(23-17)13-3-1-2-4-14(13)20(24)25/h1-10H,(H,24,25). The Bertz CT molecular complexity index is 1170. The highest BCUT2D eigenvalue weighted by molar-refractivity contribution is 6.42. The van der Waals surface area contributed by atoms with Gasteiger partial charge in [-0.15, -0.1) is 0 Å². The van der Waals surface area contributed by atoms with E-state index in [0.717, 1.165) is 0 Å². The molecule has 0 spiro atoms. The molecule has 134 valence electrons. The van der Waals surface area contributed by atoms with Gasteiger partial charge in [-0.05, 0) is 36.4 Å². The van der Waals surface area contributed by atoms with Crippen molar-refractivity contribution in [2.75, 3.05) is 0 Å². The third-order valence-corrected chi connectivity index (χ3v) is 4.61. The van der Waals surface area contributed by atoms with Crippen molar-refractivity contribution in [2.45, 2.75) is 0 Å². The van der Waals surface area contributed by atoms with Gasteiger partial charge in [0, 0.05) is 12.1 Å². The topological polar surface area (TPSA) is 72.6 Å². The quantitative estimate of drug-likeness (QED) is 0.436. The van der Waals surface area contributed by atoms with Gasteiger partial charge < -0.3 is 14.3 Å². The summed E-state index contributed by atoms with van der Waals surface area (Å²) in [7, 11) is 0. The molecule has 0 atom stereocenters. The summed E-state index contributed by atoms with van der Waals surface area (Å²) in [6, 6.07) is 16.7. The van der Waals surface area contributed by atoms with Crippen molar-refractivity contribution < 1.29 is 19.1 Å². The molecule has 0 saturated carbocycles. The number of oxazole rings is 1. The summed E-state index contributed by atoms with van der Waals surface area (Å²) in [6.07, 6.45) is 0. The van der Waals surface area contributed by atoms with Crippen LogP contribution in [0.3, 0.4) is 0 Å². The van der Waals surface area contributed by atoms with Gasteiger partial charge in [0.2, 0.25) is 5.89 Å². The first-order chi connectivity index (χ1) is 13.0. The van der Waals surface area contributed by atoms with Gasteiger partial charge in [-0.3, -0.25) is 0 Å². The van der Waals surface area contributed by atoms with E-state index in [9.17, 15) is 9.90 Å². The van der Waals surface area contributed by atoms with Gasteiger partial charge in [0.05, 0.1) is 21.2 Å². The van der Waals surface area contributed by atoms with E-state index in [1.54, 1.807) is 54.6 Å². The number of hydrogen-bond acceptors (Lipinski definition) is 4. The van der Waals surface area contributed by atoms with Gasteiger partial charge in [-0.2, -0.15) is 0 Å². The minimum absolute atomic E-state index is 0.122. The van der Waals surface area contributed by atoms with Crippen molar-refractivity contribution in [1.82, 2.24) is 4.98 Å². The van der Waals surface area contributed by atoms with Crippen molar-refractivity contribution in [3.63, 3.8) is 0 Å². The number of fused-ring (bicyclic) bond motifs is 1. The van der Waals surface area contributed by atoms with Crippen LogP contribution in [-0.4, -0.2) is 16.1 Å². The second-order valence-electron chi connectivity index (χ2n) is 5.68. The van der Waals surface area contributed by atoms with Gasteiger partial charge in [0.1, 0.15) is 17.0 Å².